The quantitative estimate of drug-likeness (QED) is 0.838. The molecule has 0 heterocycles. The molecule has 94 valence electrons. The number of hydrogen-bond donors (Lipinski definition) is 2. The molecule has 0 saturated heterocycles. The highest BCUT2D eigenvalue weighted by Crippen LogP contribution is 2.45. The first-order valence-corrected chi connectivity index (χ1v) is 5.54. The molecule has 0 aromatic heterocycles. The van der Waals surface area contributed by atoms with Crippen LogP contribution in [0, 0.1) is 11.6 Å². The van der Waals surface area contributed by atoms with Gasteiger partial charge in [-0.25, -0.2) is 8.78 Å². The molecule has 0 unspecified atom stereocenters. The van der Waals surface area contributed by atoms with Crippen LogP contribution in [0.15, 0.2) is 6.07 Å². The van der Waals surface area contributed by atoms with Gasteiger partial charge in [-0.2, -0.15) is 0 Å². The number of aromatic hydroxyl groups is 1. The predicted molar refractivity (Wildman–Crippen MR) is 58.9 cm³/mol. The molecule has 1 saturated carbocycles. The third kappa shape index (κ3) is 1.84. The molecule has 3 nitrogen and oxygen atoms in total. The van der Waals surface area contributed by atoms with Gasteiger partial charge < -0.3 is 15.6 Å². The molecule has 0 aliphatic heterocycles. The maximum atomic E-state index is 13.8. The van der Waals surface area contributed by atoms with E-state index in [2.05, 4.69) is 0 Å². The fourth-order valence-corrected chi connectivity index (χ4v) is 2.51. The fraction of sp³-hybridized carbons (Fsp3) is 0.500. The Morgan fingerprint density at radius 2 is 1.88 bits per heavy atom. The first-order valence-electron chi connectivity index (χ1n) is 5.54. The SMILES string of the molecule is COc1c(F)cc(F)c(C2(N)CCCC2)c1O. The van der Waals surface area contributed by atoms with E-state index >= 15 is 0 Å². The number of nitrogens with two attached hydrogens (primary N) is 1. The Bertz CT molecular complexity index is 443. The van der Waals surface area contributed by atoms with Crippen molar-refractivity contribution in [3.05, 3.63) is 23.3 Å². The number of benzene rings is 1. The summed E-state index contributed by atoms with van der Waals surface area (Å²) >= 11 is 0. The standard InChI is InChI=1S/C12H15F2NO2/c1-17-11-8(14)6-7(13)9(10(11)16)12(15)4-2-3-5-12/h6,16H,2-5,15H2,1H3. The molecular weight excluding hydrogens is 228 g/mol. The van der Waals surface area contributed by atoms with E-state index in [1.165, 1.54) is 7.11 Å². The lowest BCUT2D eigenvalue weighted by atomic mass is 9.88. The Morgan fingerprint density at radius 3 is 2.41 bits per heavy atom. The van der Waals surface area contributed by atoms with E-state index < -0.39 is 22.9 Å². The lowest BCUT2D eigenvalue weighted by Crippen LogP contribution is -2.34. The summed E-state index contributed by atoms with van der Waals surface area (Å²) in [5, 5.41) is 9.89. The Labute approximate surface area is 98.2 Å². The van der Waals surface area contributed by atoms with E-state index in [0.29, 0.717) is 18.9 Å². The molecule has 2 rings (SSSR count). The Kier molecular flexibility index (Phi) is 2.95. The highest BCUT2D eigenvalue weighted by atomic mass is 19.1. The number of ether oxygens (including phenoxy) is 1. The Balaban J connectivity index is 2.60. The van der Waals surface area contributed by atoms with E-state index in [-0.39, 0.29) is 11.3 Å². The van der Waals surface area contributed by atoms with Crippen LogP contribution in [0.1, 0.15) is 31.2 Å². The molecule has 1 aromatic carbocycles. The minimum Gasteiger partial charge on any atom is -0.504 e. The second-order valence-electron chi connectivity index (χ2n) is 4.46. The molecule has 3 N–H and O–H groups in total. The van der Waals surface area contributed by atoms with Crippen LogP contribution in [0.4, 0.5) is 8.78 Å². The fourth-order valence-electron chi connectivity index (χ4n) is 2.51. The van der Waals surface area contributed by atoms with Crippen molar-refractivity contribution in [2.75, 3.05) is 7.11 Å². The van der Waals surface area contributed by atoms with Crippen molar-refractivity contribution in [2.24, 2.45) is 5.73 Å². The highest BCUT2D eigenvalue weighted by molar-refractivity contribution is 5.50. The summed E-state index contributed by atoms with van der Waals surface area (Å²) in [4.78, 5) is 0. The van der Waals surface area contributed by atoms with Crippen molar-refractivity contribution in [3.63, 3.8) is 0 Å². The number of phenols is 1. The molecule has 17 heavy (non-hydrogen) atoms. The second-order valence-corrected chi connectivity index (χ2v) is 4.46. The van der Waals surface area contributed by atoms with Gasteiger partial charge in [0.1, 0.15) is 5.82 Å². The zero-order valence-corrected chi connectivity index (χ0v) is 9.59. The van der Waals surface area contributed by atoms with Crippen LogP contribution in [0.2, 0.25) is 0 Å². The molecule has 0 radical (unpaired) electrons. The average Bonchev–Trinajstić information content (AvgIpc) is 2.65. The van der Waals surface area contributed by atoms with Crippen LogP contribution in [0.25, 0.3) is 0 Å². The van der Waals surface area contributed by atoms with Crippen molar-refractivity contribution < 1.29 is 18.6 Å². The Morgan fingerprint density at radius 1 is 1.29 bits per heavy atom. The smallest absolute Gasteiger partial charge is 0.197 e. The molecule has 0 spiro atoms. The third-order valence-corrected chi connectivity index (χ3v) is 3.36. The van der Waals surface area contributed by atoms with Crippen molar-refractivity contribution in [1.29, 1.82) is 0 Å². The minimum absolute atomic E-state index is 0.0340. The van der Waals surface area contributed by atoms with Gasteiger partial charge in [-0.3, -0.25) is 0 Å². The molecule has 0 amide bonds. The van der Waals surface area contributed by atoms with Crippen LogP contribution in [-0.4, -0.2) is 12.2 Å². The van der Waals surface area contributed by atoms with Gasteiger partial charge in [0, 0.05) is 11.6 Å². The summed E-state index contributed by atoms with van der Waals surface area (Å²) in [6.45, 7) is 0. The first kappa shape index (κ1) is 12.1. The number of phenolic OH excluding ortho intramolecular Hbond substituents is 1. The van der Waals surface area contributed by atoms with Crippen molar-refractivity contribution in [2.45, 2.75) is 31.2 Å². The van der Waals surface area contributed by atoms with Gasteiger partial charge in [0.15, 0.2) is 17.3 Å². The van der Waals surface area contributed by atoms with E-state index in [0.717, 1.165) is 12.8 Å². The molecule has 5 heteroatoms. The molecule has 1 aliphatic rings. The third-order valence-electron chi connectivity index (χ3n) is 3.36. The van der Waals surface area contributed by atoms with Gasteiger partial charge in [-0.05, 0) is 12.8 Å². The first-order chi connectivity index (χ1) is 7.99. The number of methoxy groups -OCH3 is 1. The van der Waals surface area contributed by atoms with Crippen LogP contribution in [0.5, 0.6) is 11.5 Å². The van der Waals surface area contributed by atoms with Gasteiger partial charge in [0.2, 0.25) is 0 Å². The highest BCUT2D eigenvalue weighted by Gasteiger charge is 2.38. The second kappa shape index (κ2) is 4.14. The molecular formula is C12H15F2NO2. The van der Waals surface area contributed by atoms with Crippen LogP contribution in [-0.2, 0) is 5.54 Å². The minimum atomic E-state index is -0.923. The van der Waals surface area contributed by atoms with E-state index in [1.807, 2.05) is 0 Å². The summed E-state index contributed by atoms with van der Waals surface area (Å²) in [5.74, 6) is -2.61. The molecule has 0 atom stereocenters. The van der Waals surface area contributed by atoms with Gasteiger partial charge >= 0.3 is 0 Å². The lowest BCUT2D eigenvalue weighted by Gasteiger charge is -2.26. The van der Waals surface area contributed by atoms with Gasteiger partial charge in [0.25, 0.3) is 0 Å². The maximum Gasteiger partial charge on any atom is 0.197 e. The van der Waals surface area contributed by atoms with E-state index in [1.54, 1.807) is 0 Å². The molecule has 1 aromatic rings. The molecule has 1 aliphatic carbocycles. The van der Waals surface area contributed by atoms with Crippen molar-refractivity contribution in [1.82, 2.24) is 0 Å². The summed E-state index contributed by atoms with van der Waals surface area (Å²) in [6.07, 6.45) is 2.89. The molecule has 0 bridgehead atoms. The molecule has 1 fully saturated rings. The predicted octanol–water partition coefficient (Wildman–Crippen LogP) is 2.41. The zero-order chi connectivity index (χ0) is 12.6. The normalized spacial score (nSPS) is 18.4. The summed E-state index contributed by atoms with van der Waals surface area (Å²) in [7, 11) is 1.22. The summed E-state index contributed by atoms with van der Waals surface area (Å²) < 4.78 is 31.9. The monoisotopic (exact) mass is 243 g/mol. The van der Waals surface area contributed by atoms with Crippen molar-refractivity contribution in [3.8, 4) is 11.5 Å². The average molecular weight is 243 g/mol. The number of hydrogen-bond acceptors (Lipinski definition) is 3. The van der Waals surface area contributed by atoms with Crippen LogP contribution < -0.4 is 10.5 Å². The van der Waals surface area contributed by atoms with Gasteiger partial charge in [-0.15, -0.1) is 0 Å². The van der Waals surface area contributed by atoms with Crippen LogP contribution in [0.3, 0.4) is 0 Å². The van der Waals surface area contributed by atoms with Crippen LogP contribution >= 0.6 is 0 Å². The number of rotatable bonds is 2. The number of halogens is 2. The zero-order valence-electron chi connectivity index (χ0n) is 9.59. The maximum absolute atomic E-state index is 13.8. The van der Waals surface area contributed by atoms with E-state index in [4.69, 9.17) is 10.5 Å². The van der Waals surface area contributed by atoms with E-state index in [9.17, 15) is 13.9 Å². The Hall–Kier alpha value is -1.36. The summed E-state index contributed by atoms with van der Waals surface area (Å²) in [5.41, 5.74) is 5.12. The lowest BCUT2D eigenvalue weighted by molar-refractivity contribution is 0.327. The van der Waals surface area contributed by atoms with Gasteiger partial charge in [0.05, 0.1) is 12.7 Å². The topological polar surface area (TPSA) is 55.5 Å². The van der Waals surface area contributed by atoms with Gasteiger partial charge in [-0.1, -0.05) is 12.8 Å². The van der Waals surface area contributed by atoms with Crippen molar-refractivity contribution >= 4 is 0 Å². The largest absolute Gasteiger partial charge is 0.504 e. The summed E-state index contributed by atoms with van der Waals surface area (Å²) in [6, 6.07) is 0.709.